The van der Waals surface area contributed by atoms with E-state index in [2.05, 4.69) is 9.44 Å². The number of benzene rings is 2. The summed E-state index contributed by atoms with van der Waals surface area (Å²) < 4.78 is 79.1. The zero-order valence-electron chi connectivity index (χ0n) is 19.5. The van der Waals surface area contributed by atoms with Gasteiger partial charge in [0.15, 0.2) is 0 Å². The van der Waals surface area contributed by atoms with E-state index in [9.17, 15) is 16.8 Å². The Morgan fingerprint density at radius 3 is 1.35 bits per heavy atom. The molecule has 0 saturated heterocycles. The molecule has 2 N–H and O–H groups in total. The highest BCUT2D eigenvalue weighted by molar-refractivity contribution is 7.90. The van der Waals surface area contributed by atoms with Crippen molar-refractivity contribution in [3.8, 4) is 23.0 Å². The van der Waals surface area contributed by atoms with Crippen LogP contribution in [0.25, 0.3) is 0 Å². The Kier molecular flexibility index (Phi) is 8.29. The fourth-order valence-electron chi connectivity index (χ4n) is 3.93. The third kappa shape index (κ3) is 5.74. The first kappa shape index (κ1) is 26.1. The van der Waals surface area contributed by atoms with Gasteiger partial charge in [0.1, 0.15) is 32.8 Å². The van der Waals surface area contributed by atoms with Gasteiger partial charge in [-0.05, 0) is 37.1 Å². The van der Waals surface area contributed by atoms with Crippen LogP contribution >= 0.6 is 0 Å². The highest BCUT2D eigenvalue weighted by atomic mass is 32.2. The maximum Gasteiger partial charge on any atom is 0.244 e. The Hall–Kier alpha value is -2.54. The zero-order chi connectivity index (χ0) is 24.9. The highest BCUT2D eigenvalue weighted by Gasteiger charge is 2.34. The number of rotatable bonds is 10. The maximum atomic E-state index is 13.3. The van der Waals surface area contributed by atoms with E-state index in [-0.39, 0.29) is 21.3 Å². The van der Waals surface area contributed by atoms with Crippen LogP contribution in [-0.2, 0) is 20.0 Å². The molecule has 0 heterocycles. The van der Waals surface area contributed by atoms with Crippen molar-refractivity contribution in [3.63, 3.8) is 0 Å². The van der Waals surface area contributed by atoms with Gasteiger partial charge in [0, 0.05) is 24.2 Å². The monoisotopic (exact) mass is 514 g/mol. The Morgan fingerprint density at radius 2 is 1.03 bits per heavy atom. The minimum absolute atomic E-state index is 0.0870. The standard InChI is InChI=1S/C22H30N2O8S2/c1-29-15-9-11-19(31-3)21(13-15)33(25,26)23-17-7-5-6-8-18(17)24-34(27,28)22-14-16(30-2)10-12-20(22)32-4/h9-14,17-18,23-24H,5-8H2,1-4H3. The molecule has 0 aliphatic heterocycles. The largest absolute Gasteiger partial charge is 0.497 e. The van der Waals surface area contributed by atoms with Gasteiger partial charge in [-0.25, -0.2) is 26.3 Å². The molecule has 2 aromatic carbocycles. The SMILES string of the molecule is COc1ccc(OC)c(S(=O)(=O)NC2CCCCC2NS(=O)(=O)c2cc(OC)ccc2OC)c1. The van der Waals surface area contributed by atoms with E-state index >= 15 is 0 Å². The molecule has 1 aliphatic rings. The summed E-state index contributed by atoms with van der Waals surface area (Å²) in [5.74, 6) is 1.02. The summed E-state index contributed by atoms with van der Waals surface area (Å²) >= 11 is 0. The Morgan fingerprint density at radius 1 is 0.647 bits per heavy atom. The molecule has 34 heavy (non-hydrogen) atoms. The lowest BCUT2D eigenvalue weighted by Gasteiger charge is -2.32. The van der Waals surface area contributed by atoms with Crippen molar-refractivity contribution in [3.05, 3.63) is 36.4 Å². The van der Waals surface area contributed by atoms with Gasteiger partial charge in [-0.1, -0.05) is 12.8 Å². The normalized spacial score (nSPS) is 18.8. The third-order valence-electron chi connectivity index (χ3n) is 5.70. The van der Waals surface area contributed by atoms with Crippen LogP contribution in [0.4, 0.5) is 0 Å². The van der Waals surface area contributed by atoms with Gasteiger partial charge in [0.25, 0.3) is 0 Å². The molecule has 0 amide bonds. The van der Waals surface area contributed by atoms with E-state index in [4.69, 9.17) is 18.9 Å². The fraction of sp³-hybridized carbons (Fsp3) is 0.455. The minimum Gasteiger partial charge on any atom is -0.497 e. The molecule has 1 fully saturated rings. The van der Waals surface area contributed by atoms with Crippen molar-refractivity contribution < 1.29 is 35.8 Å². The smallest absolute Gasteiger partial charge is 0.244 e. The van der Waals surface area contributed by atoms with Crippen LogP contribution in [0.5, 0.6) is 23.0 Å². The molecular formula is C22H30N2O8S2. The van der Waals surface area contributed by atoms with E-state index in [1.807, 2.05) is 0 Å². The van der Waals surface area contributed by atoms with Crippen molar-refractivity contribution in [1.82, 2.24) is 9.44 Å². The molecule has 2 aromatic rings. The molecular weight excluding hydrogens is 484 g/mol. The molecule has 2 unspecified atom stereocenters. The molecule has 0 spiro atoms. The molecule has 12 heteroatoms. The summed E-state index contributed by atoms with van der Waals surface area (Å²) in [4.78, 5) is -0.174. The molecule has 0 radical (unpaired) electrons. The summed E-state index contributed by atoms with van der Waals surface area (Å²) in [6.45, 7) is 0. The summed E-state index contributed by atoms with van der Waals surface area (Å²) in [5, 5.41) is 0. The molecule has 1 saturated carbocycles. The van der Waals surface area contributed by atoms with Crippen LogP contribution in [0.1, 0.15) is 25.7 Å². The first-order valence-electron chi connectivity index (χ1n) is 10.6. The second-order valence-corrected chi connectivity index (χ2v) is 11.1. The lowest BCUT2D eigenvalue weighted by Crippen LogP contribution is -2.53. The fourth-order valence-corrected chi connectivity index (χ4v) is 6.92. The summed E-state index contributed by atoms with van der Waals surface area (Å²) in [6.07, 6.45) is 2.44. The molecule has 0 aromatic heterocycles. The summed E-state index contributed by atoms with van der Waals surface area (Å²) in [5.41, 5.74) is 0. The van der Waals surface area contributed by atoms with Gasteiger partial charge < -0.3 is 18.9 Å². The van der Waals surface area contributed by atoms with Crippen LogP contribution in [0.2, 0.25) is 0 Å². The van der Waals surface area contributed by atoms with Crippen LogP contribution < -0.4 is 28.4 Å². The molecule has 10 nitrogen and oxygen atoms in total. The average molecular weight is 515 g/mol. The lowest BCUT2D eigenvalue weighted by molar-refractivity contribution is 0.338. The first-order chi connectivity index (χ1) is 16.1. The average Bonchev–Trinajstić information content (AvgIpc) is 2.84. The number of ether oxygens (including phenoxy) is 4. The predicted octanol–water partition coefficient (Wildman–Crippen LogP) is 2.29. The zero-order valence-corrected chi connectivity index (χ0v) is 21.2. The summed E-state index contributed by atoms with van der Waals surface area (Å²) in [7, 11) is -2.47. The van der Waals surface area contributed by atoms with Gasteiger partial charge in [0.05, 0.1) is 28.4 Å². The van der Waals surface area contributed by atoms with Crippen LogP contribution in [0.15, 0.2) is 46.2 Å². The van der Waals surface area contributed by atoms with E-state index in [0.29, 0.717) is 24.3 Å². The topological polar surface area (TPSA) is 129 Å². The van der Waals surface area contributed by atoms with Gasteiger partial charge in [-0.3, -0.25) is 0 Å². The minimum atomic E-state index is -4.05. The van der Waals surface area contributed by atoms with Crippen LogP contribution in [0, 0.1) is 0 Å². The van der Waals surface area contributed by atoms with Gasteiger partial charge in [-0.2, -0.15) is 0 Å². The summed E-state index contributed by atoms with van der Waals surface area (Å²) in [6, 6.07) is 7.59. The highest BCUT2D eigenvalue weighted by Crippen LogP contribution is 2.31. The van der Waals surface area contributed by atoms with Crippen molar-refractivity contribution in [2.45, 2.75) is 47.6 Å². The Labute approximate surface area is 200 Å². The molecule has 3 rings (SSSR count). The van der Waals surface area contributed by atoms with Crippen LogP contribution in [0.3, 0.4) is 0 Å². The van der Waals surface area contributed by atoms with E-state index in [0.717, 1.165) is 12.8 Å². The van der Waals surface area contributed by atoms with Crippen molar-refractivity contribution in [2.75, 3.05) is 28.4 Å². The quantitative estimate of drug-likeness (QED) is 0.494. The van der Waals surface area contributed by atoms with Gasteiger partial charge in [-0.15, -0.1) is 0 Å². The predicted molar refractivity (Wildman–Crippen MR) is 126 cm³/mol. The van der Waals surface area contributed by atoms with Gasteiger partial charge >= 0.3 is 0 Å². The van der Waals surface area contributed by atoms with E-state index in [1.165, 1.54) is 52.7 Å². The molecule has 0 bridgehead atoms. The molecule has 2 atom stereocenters. The van der Waals surface area contributed by atoms with Crippen molar-refractivity contribution >= 4 is 20.0 Å². The van der Waals surface area contributed by atoms with Gasteiger partial charge in [0.2, 0.25) is 20.0 Å². The molecule has 1 aliphatic carbocycles. The Bertz CT molecular complexity index is 1120. The van der Waals surface area contributed by atoms with Crippen LogP contribution in [-0.4, -0.2) is 57.4 Å². The number of sulfonamides is 2. The maximum absolute atomic E-state index is 13.3. The number of methoxy groups -OCH3 is 4. The number of hydrogen-bond acceptors (Lipinski definition) is 8. The second kappa shape index (κ2) is 10.8. The Balaban J connectivity index is 1.90. The third-order valence-corrected chi connectivity index (χ3v) is 8.72. The lowest BCUT2D eigenvalue weighted by atomic mass is 9.92. The first-order valence-corrected chi connectivity index (χ1v) is 13.6. The number of hydrogen-bond donors (Lipinski definition) is 2. The van der Waals surface area contributed by atoms with Crippen molar-refractivity contribution in [1.29, 1.82) is 0 Å². The second-order valence-electron chi connectivity index (χ2n) is 7.77. The van der Waals surface area contributed by atoms with E-state index in [1.54, 1.807) is 12.1 Å². The van der Waals surface area contributed by atoms with E-state index < -0.39 is 32.1 Å². The van der Waals surface area contributed by atoms with Crippen molar-refractivity contribution in [2.24, 2.45) is 0 Å². The number of nitrogens with one attached hydrogen (secondary N) is 2. The molecule has 188 valence electrons.